The fraction of sp³-hybridized carbons (Fsp3) is 0.538. The lowest BCUT2D eigenvalue weighted by molar-refractivity contribution is 0.363. The number of methoxy groups -OCH3 is 1. The van der Waals surface area contributed by atoms with E-state index in [1.54, 1.807) is 7.11 Å². The predicted octanol–water partition coefficient (Wildman–Crippen LogP) is 0.943. The molecule has 1 aromatic rings. The van der Waals surface area contributed by atoms with Gasteiger partial charge in [-0.3, -0.25) is 11.3 Å². The highest BCUT2D eigenvalue weighted by atomic mass is 32.2. The Balaban J connectivity index is 2.34. The minimum atomic E-state index is -2.92. The predicted molar refractivity (Wildman–Crippen MR) is 74.6 cm³/mol. The van der Waals surface area contributed by atoms with Gasteiger partial charge >= 0.3 is 0 Å². The monoisotopic (exact) mass is 284 g/mol. The molecule has 0 amide bonds. The molecule has 0 radical (unpaired) electrons. The highest BCUT2D eigenvalue weighted by molar-refractivity contribution is 7.91. The van der Waals surface area contributed by atoms with Crippen LogP contribution in [0.4, 0.5) is 0 Å². The minimum absolute atomic E-state index is 0.00861. The van der Waals surface area contributed by atoms with E-state index in [0.717, 1.165) is 16.9 Å². The molecule has 3 N–H and O–H groups in total. The molecule has 6 heteroatoms. The van der Waals surface area contributed by atoms with E-state index in [0.29, 0.717) is 6.42 Å². The van der Waals surface area contributed by atoms with E-state index in [4.69, 9.17) is 10.6 Å². The molecule has 0 aromatic heterocycles. The maximum absolute atomic E-state index is 11.6. The Labute approximate surface area is 114 Å². The number of sulfone groups is 1. The Morgan fingerprint density at radius 2 is 2.21 bits per heavy atom. The molecule has 2 unspecified atom stereocenters. The number of hydrogen-bond acceptors (Lipinski definition) is 5. The van der Waals surface area contributed by atoms with Crippen molar-refractivity contribution in [2.75, 3.05) is 18.6 Å². The highest BCUT2D eigenvalue weighted by Crippen LogP contribution is 2.35. The summed E-state index contributed by atoms with van der Waals surface area (Å²) < 4.78 is 28.6. The van der Waals surface area contributed by atoms with Gasteiger partial charge in [0.05, 0.1) is 24.7 Å². The van der Waals surface area contributed by atoms with Gasteiger partial charge in [-0.1, -0.05) is 17.7 Å². The van der Waals surface area contributed by atoms with E-state index < -0.39 is 9.84 Å². The van der Waals surface area contributed by atoms with Crippen molar-refractivity contribution in [3.8, 4) is 5.75 Å². The molecule has 2 rings (SSSR count). The molecule has 19 heavy (non-hydrogen) atoms. The second kappa shape index (κ2) is 5.48. The van der Waals surface area contributed by atoms with Gasteiger partial charge in [-0.15, -0.1) is 0 Å². The van der Waals surface area contributed by atoms with Gasteiger partial charge in [-0.2, -0.15) is 0 Å². The molecule has 1 aromatic carbocycles. The van der Waals surface area contributed by atoms with Crippen molar-refractivity contribution < 1.29 is 13.2 Å². The fourth-order valence-electron chi connectivity index (χ4n) is 2.66. The summed E-state index contributed by atoms with van der Waals surface area (Å²) in [6.45, 7) is 1.99. The lowest BCUT2D eigenvalue weighted by Crippen LogP contribution is -2.34. The first-order chi connectivity index (χ1) is 8.96. The van der Waals surface area contributed by atoms with Gasteiger partial charge in [0.2, 0.25) is 0 Å². The van der Waals surface area contributed by atoms with E-state index >= 15 is 0 Å². The average molecular weight is 284 g/mol. The third-order valence-corrected chi connectivity index (χ3v) is 5.43. The van der Waals surface area contributed by atoms with Gasteiger partial charge < -0.3 is 4.74 Å². The second-order valence-corrected chi connectivity index (χ2v) is 7.28. The molecular weight excluding hydrogens is 264 g/mol. The maximum Gasteiger partial charge on any atom is 0.150 e. The van der Waals surface area contributed by atoms with Crippen LogP contribution in [0.5, 0.6) is 5.75 Å². The normalized spacial score (nSPS) is 23.2. The third-order valence-electron chi connectivity index (χ3n) is 3.64. The van der Waals surface area contributed by atoms with Crippen LogP contribution in [-0.2, 0) is 9.84 Å². The molecule has 1 heterocycles. The van der Waals surface area contributed by atoms with E-state index in [2.05, 4.69) is 5.43 Å². The molecular formula is C13H20N2O3S. The summed E-state index contributed by atoms with van der Waals surface area (Å²) in [5, 5.41) is 0. The van der Waals surface area contributed by atoms with Crippen LogP contribution < -0.4 is 16.0 Å². The molecule has 1 fully saturated rings. The van der Waals surface area contributed by atoms with Gasteiger partial charge in [0.25, 0.3) is 0 Å². The SMILES string of the molecule is COc1ccc(C)cc1C(NN)C1CCS(=O)(=O)C1. The summed E-state index contributed by atoms with van der Waals surface area (Å²) >= 11 is 0. The van der Waals surface area contributed by atoms with Gasteiger partial charge in [0.15, 0.2) is 9.84 Å². The number of aryl methyl sites for hydroxylation is 1. The highest BCUT2D eigenvalue weighted by Gasteiger charge is 2.35. The first kappa shape index (κ1) is 14.3. The maximum atomic E-state index is 11.6. The zero-order chi connectivity index (χ0) is 14.0. The Bertz CT molecular complexity index is 557. The van der Waals surface area contributed by atoms with Crippen LogP contribution in [0.3, 0.4) is 0 Å². The molecule has 0 spiro atoms. The first-order valence-corrected chi connectivity index (χ1v) is 8.10. The molecule has 106 valence electrons. The summed E-state index contributed by atoms with van der Waals surface area (Å²) in [7, 11) is -1.32. The number of rotatable bonds is 4. The molecule has 0 saturated carbocycles. The number of nitrogens with one attached hydrogen (secondary N) is 1. The Hall–Kier alpha value is -1.11. The number of benzene rings is 1. The van der Waals surface area contributed by atoms with Crippen LogP contribution in [0.15, 0.2) is 18.2 Å². The lowest BCUT2D eigenvalue weighted by atomic mass is 9.91. The van der Waals surface area contributed by atoms with Crippen molar-refractivity contribution in [3.63, 3.8) is 0 Å². The van der Waals surface area contributed by atoms with Gasteiger partial charge in [-0.05, 0) is 25.3 Å². The van der Waals surface area contributed by atoms with Crippen molar-refractivity contribution >= 4 is 9.84 Å². The van der Waals surface area contributed by atoms with Crippen molar-refractivity contribution in [2.24, 2.45) is 11.8 Å². The zero-order valence-electron chi connectivity index (χ0n) is 11.2. The smallest absolute Gasteiger partial charge is 0.150 e. The first-order valence-electron chi connectivity index (χ1n) is 6.28. The zero-order valence-corrected chi connectivity index (χ0v) is 12.0. The van der Waals surface area contributed by atoms with Crippen LogP contribution in [0.1, 0.15) is 23.6 Å². The fourth-order valence-corrected chi connectivity index (χ4v) is 4.50. The van der Waals surface area contributed by atoms with Gasteiger partial charge in [0, 0.05) is 5.56 Å². The standard InChI is InChI=1S/C13H20N2O3S/c1-9-3-4-12(18-2)11(7-9)13(15-14)10-5-6-19(16,17)8-10/h3-4,7,10,13,15H,5-6,8,14H2,1-2H3. The molecule has 5 nitrogen and oxygen atoms in total. The minimum Gasteiger partial charge on any atom is -0.496 e. The van der Waals surface area contributed by atoms with Crippen molar-refractivity contribution in [1.82, 2.24) is 5.43 Å². The Kier molecular flexibility index (Phi) is 4.13. The van der Waals surface area contributed by atoms with Crippen molar-refractivity contribution in [3.05, 3.63) is 29.3 Å². The van der Waals surface area contributed by atoms with Gasteiger partial charge in [-0.25, -0.2) is 8.42 Å². The quantitative estimate of drug-likeness (QED) is 0.635. The van der Waals surface area contributed by atoms with Crippen LogP contribution in [0.2, 0.25) is 0 Å². The van der Waals surface area contributed by atoms with Crippen LogP contribution in [0, 0.1) is 12.8 Å². The summed E-state index contributed by atoms with van der Waals surface area (Å²) in [6.07, 6.45) is 0.633. The second-order valence-electron chi connectivity index (χ2n) is 5.05. The van der Waals surface area contributed by atoms with Crippen LogP contribution in [0.25, 0.3) is 0 Å². The summed E-state index contributed by atoms with van der Waals surface area (Å²) in [5.74, 6) is 6.79. The summed E-state index contributed by atoms with van der Waals surface area (Å²) in [5.41, 5.74) is 4.77. The van der Waals surface area contributed by atoms with Crippen LogP contribution in [-0.4, -0.2) is 27.0 Å². The molecule has 1 aliphatic rings. The third kappa shape index (κ3) is 3.08. The van der Waals surface area contributed by atoms with E-state index in [-0.39, 0.29) is 23.5 Å². The molecule has 0 bridgehead atoms. The lowest BCUT2D eigenvalue weighted by Gasteiger charge is -2.24. The molecule has 0 aliphatic carbocycles. The Morgan fingerprint density at radius 3 is 2.74 bits per heavy atom. The number of ether oxygens (including phenoxy) is 1. The number of hydrogen-bond donors (Lipinski definition) is 2. The van der Waals surface area contributed by atoms with Gasteiger partial charge in [0.1, 0.15) is 5.75 Å². The number of nitrogens with two attached hydrogens (primary N) is 1. The Morgan fingerprint density at radius 1 is 1.47 bits per heavy atom. The topological polar surface area (TPSA) is 81.4 Å². The summed E-state index contributed by atoms with van der Waals surface area (Å²) in [6, 6.07) is 5.64. The van der Waals surface area contributed by atoms with Crippen molar-refractivity contribution in [2.45, 2.75) is 19.4 Å². The molecule has 1 aliphatic heterocycles. The van der Waals surface area contributed by atoms with E-state index in [1.165, 1.54) is 0 Å². The number of hydrazine groups is 1. The summed E-state index contributed by atoms with van der Waals surface area (Å²) in [4.78, 5) is 0. The molecule has 1 saturated heterocycles. The van der Waals surface area contributed by atoms with E-state index in [1.807, 2.05) is 25.1 Å². The largest absolute Gasteiger partial charge is 0.496 e. The van der Waals surface area contributed by atoms with Crippen molar-refractivity contribution in [1.29, 1.82) is 0 Å². The molecule has 2 atom stereocenters. The van der Waals surface area contributed by atoms with Crippen LogP contribution >= 0.6 is 0 Å². The average Bonchev–Trinajstić information content (AvgIpc) is 2.71. The van der Waals surface area contributed by atoms with E-state index in [9.17, 15) is 8.42 Å².